The molecule has 4 heteroatoms. The van der Waals surface area contributed by atoms with Crippen LogP contribution in [0.2, 0.25) is 0 Å². The average Bonchev–Trinajstić information content (AvgIpc) is 2.55. The van der Waals surface area contributed by atoms with E-state index in [9.17, 15) is 4.79 Å². The fourth-order valence-electron chi connectivity index (χ4n) is 2.27. The summed E-state index contributed by atoms with van der Waals surface area (Å²) >= 11 is 0. The predicted molar refractivity (Wildman–Crippen MR) is 89.7 cm³/mol. The fourth-order valence-corrected chi connectivity index (χ4v) is 2.27. The van der Waals surface area contributed by atoms with Gasteiger partial charge in [-0.2, -0.15) is 0 Å². The van der Waals surface area contributed by atoms with Crippen LogP contribution in [-0.2, 0) is 16.0 Å². The number of hydrogen-bond donors (Lipinski definition) is 2. The summed E-state index contributed by atoms with van der Waals surface area (Å²) in [6.07, 6.45) is 0.482. The molecule has 0 saturated heterocycles. The number of nitrogens with one attached hydrogen (secondary N) is 1. The Labute approximate surface area is 131 Å². The van der Waals surface area contributed by atoms with Crippen molar-refractivity contribution in [2.75, 3.05) is 19.0 Å². The minimum atomic E-state index is -0.613. The van der Waals surface area contributed by atoms with E-state index in [0.29, 0.717) is 13.0 Å². The van der Waals surface area contributed by atoms with Crippen molar-refractivity contribution in [3.8, 4) is 11.1 Å². The zero-order valence-electron chi connectivity index (χ0n) is 13.0. The number of benzene rings is 2. The van der Waals surface area contributed by atoms with Crippen molar-refractivity contribution >= 4 is 11.7 Å². The third-order valence-corrected chi connectivity index (χ3v) is 3.48. The molecular weight excluding hydrogens is 276 g/mol. The van der Waals surface area contributed by atoms with E-state index < -0.39 is 6.04 Å². The predicted octanol–water partition coefficient (Wildman–Crippen LogP) is 2.83. The maximum absolute atomic E-state index is 11.6. The van der Waals surface area contributed by atoms with Gasteiger partial charge in [0.05, 0.1) is 6.61 Å². The van der Waals surface area contributed by atoms with Crippen molar-refractivity contribution in [1.82, 2.24) is 0 Å². The lowest BCUT2D eigenvalue weighted by Gasteiger charge is -2.11. The monoisotopic (exact) mass is 298 g/mol. The molecule has 2 rings (SSSR count). The van der Waals surface area contributed by atoms with Gasteiger partial charge < -0.3 is 15.8 Å². The third-order valence-electron chi connectivity index (χ3n) is 3.48. The number of carbonyl (C=O) groups is 1. The summed E-state index contributed by atoms with van der Waals surface area (Å²) in [6.45, 7) is 2.13. The molecule has 0 aromatic heterocycles. The van der Waals surface area contributed by atoms with Crippen LogP contribution in [0.15, 0.2) is 48.5 Å². The number of anilines is 1. The Bertz CT molecular complexity index is 623. The van der Waals surface area contributed by atoms with Gasteiger partial charge in [-0.05, 0) is 42.2 Å². The largest absolute Gasteiger partial charge is 0.465 e. The number of nitrogens with two attached hydrogens (primary N) is 1. The van der Waals surface area contributed by atoms with Crippen molar-refractivity contribution in [3.63, 3.8) is 0 Å². The Morgan fingerprint density at radius 2 is 1.91 bits per heavy atom. The molecule has 0 heterocycles. The molecule has 0 aliphatic carbocycles. The molecule has 0 bridgehead atoms. The van der Waals surface area contributed by atoms with Crippen LogP contribution in [0.25, 0.3) is 11.1 Å². The molecule has 0 fully saturated rings. The number of hydrogen-bond acceptors (Lipinski definition) is 4. The van der Waals surface area contributed by atoms with Crippen molar-refractivity contribution in [1.29, 1.82) is 0 Å². The molecule has 3 N–H and O–H groups in total. The lowest BCUT2D eigenvalue weighted by Crippen LogP contribution is -2.34. The van der Waals surface area contributed by atoms with Crippen LogP contribution >= 0.6 is 0 Å². The summed E-state index contributed by atoms with van der Waals surface area (Å²) in [7, 11) is 1.90. The standard InChI is InChI=1S/C18H22N2O2/c1-3-22-18(21)17(19)11-13-7-9-14(10-8-13)15-5-4-6-16(12-15)20-2/h4-10,12,17,20H,3,11,19H2,1-2H3. The Morgan fingerprint density at radius 3 is 2.55 bits per heavy atom. The highest BCUT2D eigenvalue weighted by molar-refractivity contribution is 5.76. The van der Waals surface area contributed by atoms with Crippen molar-refractivity contribution in [2.45, 2.75) is 19.4 Å². The van der Waals surface area contributed by atoms with Crippen molar-refractivity contribution < 1.29 is 9.53 Å². The molecule has 1 unspecified atom stereocenters. The lowest BCUT2D eigenvalue weighted by atomic mass is 10.0. The Balaban J connectivity index is 2.08. The van der Waals surface area contributed by atoms with E-state index in [2.05, 4.69) is 17.4 Å². The molecule has 1 atom stereocenters. The SMILES string of the molecule is CCOC(=O)C(N)Cc1ccc(-c2cccc(NC)c2)cc1. The fraction of sp³-hybridized carbons (Fsp3) is 0.278. The summed E-state index contributed by atoms with van der Waals surface area (Å²) in [4.78, 5) is 11.6. The highest BCUT2D eigenvalue weighted by Gasteiger charge is 2.14. The van der Waals surface area contributed by atoms with Gasteiger partial charge in [0.15, 0.2) is 0 Å². The molecule has 0 spiro atoms. The second-order valence-electron chi connectivity index (χ2n) is 5.09. The van der Waals surface area contributed by atoms with E-state index in [1.807, 2.05) is 43.4 Å². The van der Waals surface area contributed by atoms with Crippen molar-refractivity contribution in [3.05, 3.63) is 54.1 Å². The quantitative estimate of drug-likeness (QED) is 0.805. The molecular formula is C18H22N2O2. The zero-order valence-corrected chi connectivity index (χ0v) is 13.0. The summed E-state index contributed by atoms with van der Waals surface area (Å²) in [5, 5.41) is 3.13. The molecule has 0 amide bonds. The van der Waals surface area contributed by atoms with Crippen LogP contribution in [0, 0.1) is 0 Å². The van der Waals surface area contributed by atoms with Gasteiger partial charge in [0.25, 0.3) is 0 Å². The second kappa shape index (κ2) is 7.61. The van der Waals surface area contributed by atoms with Gasteiger partial charge in [0.2, 0.25) is 0 Å². The van der Waals surface area contributed by atoms with E-state index in [1.165, 1.54) is 0 Å². The van der Waals surface area contributed by atoms with Crippen LogP contribution in [0.4, 0.5) is 5.69 Å². The number of carbonyl (C=O) groups excluding carboxylic acids is 1. The van der Waals surface area contributed by atoms with Crippen LogP contribution in [0.3, 0.4) is 0 Å². The highest BCUT2D eigenvalue weighted by Crippen LogP contribution is 2.23. The summed E-state index contributed by atoms with van der Waals surface area (Å²) in [5.41, 5.74) is 10.2. The first-order valence-corrected chi connectivity index (χ1v) is 7.43. The summed E-state index contributed by atoms with van der Waals surface area (Å²) in [5.74, 6) is -0.353. The first-order valence-electron chi connectivity index (χ1n) is 7.43. The maximum atomic E-state index is 11.6. The topological polar surface area (TPSA) is 64.3 Å². The van der Waals surface area contributed by atoms with E-state index in [0.717, 1.165) is 22.4 Å². The molecule has 22 heavy (non-hydrogen) atoms. The minimum Gasteiger partial charge on any atom is -0.465 e. The first kappa shape index (κ1) is 16.0. The molecule has 116 valence electrons. The Hall–Kier alpha value is -2.33. The molecule has 4 nitrogen and oxygen atoms in total. The number of esters is 1. The lowest BCUT2D eigenvalue weighted by molar-refractivity contribution is -0.144. The van der Waals surface area contributed by atoms with E-state index in [1.54, 1.807) is 6.92 Å². The number of rotatable bonds is 6. The molecule has 0 aliphatic heterocycles. The molecule has 2 aromatic rings. The van der Waals surface area contributed by atoms with E-state index >= 15 is 0 Å². The maximum Gasteiger partial charge on any atom is 0.323 e. The van der Waals surface area contributed by atoms with E-state index in [4.69, 9.17) is 10.5 Å². The van der Waals surface area contributed by atoms with Crippen LogP contribution in [0.1, 0.15) is 12.5 Å². The van der Waals surface area contributed by atoms with Gasteiger partial charge in [-0.15, -0.1) is 0 Å². The summed E-state index contributed by atoms with van der Waals surface area (Å²) in [6, 6.07) is 15.7. The molecule has 0 aliphatic rings. The van der Waals surface area contributed by atoms with Gasteiger partial charge in [-0.25, -0.2) is 0 Å². The van der Waals surface area contributed by atoms with Crippen LogP contribution in [0.5, 0.6) is 0 Å². The highest BCUT2D eigenvalue weighted by atomic mass is 16.5. The second-order valence-corrected chi connectivity index (χ2v) is 5.09. The first-order chi connectivity index (χ1) is 10.6. The average molecular weight is 298 g/mol. The minimum absolute atomic E-state index is 0.353. The van der Waals surface area contributed by atoms with Crippen molar-refractivity contribution in [2.24, 2.45) is 5.73 Å². The Morgan fingerprint density at radius 1 is 1.18 bits per heavy atom. The third kappa shape index (κ3) is 4.09. The zero-order chi connectivity index (χ0) is 15.9. The molecule has 0 saturated carbocycles. The van der Waals surface area contributed by atoms with Gasteiger partial charge in [0, 0.05) is 12.7 Å². The molecule has 2 aromatic carbocycles. The van der Waals surface area contributed by atoms with E-state index in [-0.39, 0.29) is 5.97 Å². The van der Waals surface area contributed by atoms with Gasteiger partial charge in [-0.3, -0.25) is 4.79 Å². The number of ether oxygens (including phenoxy) is 1. The van der Waals surface area contributed by atoms with Gasteiger partial charge in [0.1, 0.15) is 6.04 Å². The summed E-state index contributed by atoms with van der Waals surface area (Å²) < 4.78 is 4.92. The van der Waals surface area contributed by atoms with Gasteiger partial charge >= 0.3 is 5.97 Å². The van der Waals surface area contributed by atoms with Crippen LogP contribution in [-0.4, -0.2) is 25.7 Å². The van der Waals surface area contributed by atoms with Gasteiger partial charge in [-0.1, -0.05) is 36.4 Å². The smallest absolute Gasteiger partial charge is 0.323 e. The van der Waals surface area contributed by atoms with Crippen LogP contribution < -0.4 is 11.1 Å². The molecule has 0 radical (unpaired) electrons. The normalized spacial score (nSPS) is 11.8. The Kier molecular flexibility index (Phi) is 5.55.